The van der Waals surface area contributed by atoms with Crippen LogP contribution in [-0.2, 0) is 0 Å². The molecule has 0 saturated heterocycles. The fourth-order valence-electron chi connectivity index (χ4n) is 17.3. The lowest BCUT2D eigenvalue weighted by Gasteiger charge is -2.11. The molecule has 0 atom stereocenters. The van der Waals surface area contributed by atoms with E-state index in [-0.39, 0.29) is 0 Å². The third kappa shape index (κ3) is 9.61. The van der Waals surface area contributed by atoms with Crippen molar-refractivity contribution in [3.63, 3.8) is 0 Å². The largest absolute Gasteiger partial charge is 0.436 e. The Morgan fingerprint density at radius 2 is 0.536 bits per heavy atom. The monoisotopic (exact) mass is 1430 g/mol. The van der Waals surface area contributed by atoms with Crippen LogP contribution in [0.4, 0.5) is 0 Å². The van der Waals surface area contributed by atoms with Crippen LogP contribution in [0.1, 0.15) is 0 Å². The maximum absolute atomic E-state index is 6.80. The van der Waals surface area contributed by atoms with Crippen LogP contribution >= 0.6 is 0 Å². The highest BCUT2D eigenvalue weighted by Gasteiger charge is 2.24. The molecule has 24 rings (SSSR count). The molecule has 0 unspecified atom stereocenters. The Labute approximate surface area is 637 Å². The number of fused-ring (bicyclic) bond motifs is 16. The van der Waals surface area contributed by atoms with E-state index in [9.17, 15) is 0 Å². The Morgan fingerprint density at radius 1 is 0.179 bits per heavy atom. The van der Waals surface area contributed by atoms with Gasteiger partial charge in [0.1, 0.15) is 22.1 Å². The van der Waals surface area contributed by atoms with Gasteiger partial charge in [0, 0.05) is 88.1 Å². The SMILES string of the molecule is c1ccc(-n2c3ccccc3c3ccc(-c4ccc(-n5c6ccc(-c7nc8ccccc8o7)cc6c6cc(-c7nc8cc(-c9ccc%10nc(-c%11ccc%12c(c%11)c%11cc(-c%13nc%14ccccc%14o%13)ccc%11n%12-c%11ccc(-c%12cccc%13c%12c%12ccccc%12n%13-c%12ccccc%12)cc%11)oc%10c9)ccc8o7)ccc65)cc4)cc32)cc1. The van der Waals surface area contributed by atoms with Crippen molar-refractivity contribution in [3.8, 4) is 102 Å². The first-order valence-electron chi connectivity index (χ1n) is 37.5. The summed E-state index contributed by atoms with van der Waals surface area (Å²) >= 11 is 0. The van der Waals surface area contributed by atoms with Crippen LogP contribution < -0.4 is 0 Å². The van der Waals surface area contributed by atoms with Gasteiger partial charge in [-0.05, 0) is 228 Å². The molecule has 16 aromatic carbocycles. The van der Waals surface area contributed by atoms with E-state index < -0.39 is 0 Å². The fraction of sp³-hybridized carbons (Fsp3) is 0. The Morgan fingerprint density at radius 3 is 1.09 bits per heavy atom. The van der Waals surface area contributed by atoms with E-state index >= 15 is 0 Å². The van der Waals surface area contributed by atoms with Crippen molar-refractivity contribution in [2.24, 2.45) is 0 Å². The number of nitrogens with zero attached hydrogens (tertiary/aromatic N) is 8. The molecule has 12 nitrogen and oxygen atoms in total. The summed E-state index contributed by atoms with van der Waals surface area (Å²) in [6.45, 7) is 0. The van der Waals surface area contributed by atoms with E-state index in [1.54, 1.807) is 0 Å². The van der Waals surface area contributed by atoms with E-state index in [4.69, 9.17) is 37.6 Å². The number of benzene rings is 16. The minimum Gasteiger partial charge on any atom is -0.436 e. The zero-order chi connectivity index (χ0) is 73.2. The van der Waals surface area contributed by atoms with Gasteiger partial charge in [0.2, 0.25) is 23.6 Å². The van der Waals surface area contributed by atoms with E-state index in [2.05, 4.69) is 309 Å². The van der Waals surface area contributed by atoms with Crippen molar-refractivity contribution in [3.05, 3.63) is 352 Å². The number of rotatable bonds is 11. The molecule has 8 heterocycles. The van der Waals surface area contributed by atoms with E-state index in [0.717, 1.165) is 161 Å². The molecule has 0 aliphatic heterocycles. The Bertz CT molecular complexity index is 7940. The van der Waals surface area contributed by atoms with Gasteiger partial charge in [0.25, 0.3) is 0 Å². The zero-order valence-electron chi connectivity index (χ0n) is 59.7. The molecule has 0 radical (unpaired) electrons. The first-order valence-corrected chi connectivity index (χ1v) is 37.5. The van der Waals surface area contributed by atoms with Crippen LogP contribution in [0.5, 0.6) is 0 Å². The van der Waals surface area contributed by atoms with Crippen LogP contribution in [0, 0.1) is 0 Å². The van der Waals surface area contributed by atoms with Crippen molar-refractivity contribution >= 4 is 132 Å². The number of aromatic nitrogens is 8. The van der Waals surface area contributed by atoms with Crippen LogP contribution in [0.3, 0.4) is 0 Å². The summed E-state index contributed by atoms with van der Waals surface area (Å²) in [5.74, 6) is 2.15. The summed E-state index contributed by atoms with van der Waals surface area (Å²) in [6, 6.07) is 124. The zero-order valence-corrected chi connectivity index (χ0v) is 59.7. The van der Waals surface area contributed by atoms with Gasteiger partial charge in [-0.25, -0.2) is 19.9 Å². The number of para-hydroxylation sites is 8. The minimum atomic E-state index is 0.516. The highest BCUT2D eigenvalue weighted by molar-refractivity contribution is 6.17. The van der Waals surface area contributed by atoms with Crippen molar-refractivity contribution in [1.29, 1.82) is 0 Å². The quantitative estimate of drug-likeness (QED) is 0.125. The van der Waals surface area contributed by atoms with Crippen molar-refractivity contribution in [2.45, 2.75) is 0 Å². The second-order valence-electron chi connectivity index (χ2n) is 28.9. The smallest absolute Gasteiger partial charge is 0.227 e. The molecule has 0 aliphatic rings. The lowest BCUT2D eigenvalue weighted by molar-refractivity contribution is 0.619. The van der Waals surface area contributed by atoms with Gasteiger partial charge in [-0.3, -0.25) is 0 Å². The standard InChI is InChI=1S/C100H58N8O4/c1-3-16-68(17-4-1)107-85-26-12-8-21-75(85)96-72(22-15-27-90(96)107)60-32-43-71(44-33-60)106-88-48-37-65(98-102-81-24-10-14-29-93(81)110-98)52-76(88)78-54-66(38-49-89(78)106)99-103-82-46-35-63(58-95(82)112-99)61-40-51-94-83(56-61)104-100(111-94)67-39-50-87-79(55-67)77-53-64(97-101-80-23-9-13-28-92(80)109-97)36-47-86(77)105(87)70-41-30-59(31-42-70)62-34-45-74-73-20-7-11-25-84(73)108(91(74)57-62)69-18-5-2-6-19-69/h1-58H. The predicted octanol–water partition coefficient (Wildman–Crippen LogP) is 26.3. The molecule has 0 aliphatic carbocycles. The highest BCUT2D eigenvalue weighted by Crippen LogP contribution is 2.45. The van der Waals surface area contributed by atoms with Gasteiger partial charge in [0.05, 0.1) is 44.1 Å². The average Bonchev–Trinajstić information content (AvgIpc) is 1.58. The van der Waals surface area contributed by atoms with Gasteiger partial charge in [-0.1, -0.05) is 158 Å². The fourth-order valence-corrected chi connectivity index (χ4v) is 17.3. The van der Waals surface area contributed by atoms with Crippen LogP contribution in [0.2, 0.25) is 0 Å². The molecule has 0 N–H and O–H groups in total. The highest BCUT2D eigenvalue weighted by atomic mass is 16.4. The molecule has 0 fully saturated rings. The summed E-state index contributed by atoms with van der Waals surface area (Å²) in [7, 11) is 0. The number of hydrogen-bond donors (Lipinski definition) is 0. The third-order valence-electron chi connectivity index (χ3n) is 22.5. The number of oxazole rings is 4. The van der Waals surface area contributed by atoms with E-state index in [1.165, 1.54) is 38.1 Å². The second-order valence-corrected chi connectivity index (χ2v) is 28.9. The topological polar surface area (TPSA) is 124 Å². The Kier molecular flexibility index (Phi) is 13.3. The molecule has 0 spiro atoms. The first-order chi connectivity index (χ1) is 55.4. The molecule has 112 heavy (non-hydrogen) atoms. The van der Waals surface area contributed by atoms with Gasteiger partial charge >= 0.3 is 0 Å². The van der Waals surface area contributed by atoms with E-state index in [0.29, 0.717) is 34.7 Å². The van der Waals surface area contributed by atoms with Gasteiger partial charge in [-0.15, -0.1) is 0 Å². The van der Waals surface area contributed by atoms with Crippen molar-refractivity contribution in [2.75, 3.05) is 0 Å². The molecule has 24 aromatic rings. The first kappa shape index (κ1) is 61.7. The van der Waals surface area contributed by atoms with Gasteiger partial charge in [0.15, 0.2) is 22.3 Å². The summed E-state index contributed by atoms with van der Waals surface area (Å²) in [5, 5.41) is 9.03. The molecule has 0 saturated carbocycles. The summed E-state index contributed by atoms with van der Waals surface area (Å²) in [5.41, 5.74) is 29.0. The summed E-state index contributed by atoms with van der Waals surface area (Å²) in [4.78, 5) is 20.2. The van der Waals surface area contributed by atoms with E-state index in [1.807, 2.05) is 60.7 Å². The lowest BCUT2D eigenvalue weighted by Crippen LogP contribution is -1.94. The average molecular weight is 1440 g/mol. The molecule has 8 aromatic heterocycles. The van der Waals surface area contributed by atoms with Crippen LogP contribution in [-0.4, -0.2) is 38.2 Å². The minimum absolute atomic E-state index is 0.516. The van der Waals surface area contributed by atoms with Crippen molar-refractivity contribution in [1.82, 2.24) is 38.2 Å². The predicted molar refractivity (Wildman–Crippen MR) is 452 cm³/mol. The molecule has 0 amide bonds. The summed E-state index contributed by atoms with van der Waals surface area (Å²) < 4.78 is 35.7. The van der Waals surface area contributed by atoms with Gasteiger partial charge < -0.3 is 35.9 Å². The molecule has 12 heteroatoms. The molecule has 0 bridgehead atoms. The second kappa shape index (κ2) is 24.1. The lowest BCUT2D eigenvalue weighted by atomic mass is 9.99. The number of hydrogen-bond acceptors (Lipinski definition) is 8. The summed E-state index contributed by atoms with van der Waals surface area (Å²) in [6.07, 6.45) is 0. The molecular formula is C100H58N8O4. The van der Waals surface area contributed by atoms with Crippen molar-refractivity contribution < 1.29 is 17.7 Å². The van der Waals surface area contributed by atoms with Gasteiger partial charge in [-0.2, -0.15) is 0 Å². The van der Waals surface area contributed by atoms with Crippen LogP contribution in [0.15, 0.2) is 370 Å². The Balaban J connectivity index is 0.565. The molecule has 522 valence electrons. The Hall–Kier alpha value is -15.4. The molecular weight excluding hydrogens is 1380 g/mol. The normalized spacial score (nSPS) is 12.1. The third-order valence-corrected chi connectivity index (χ3v) is 22.5. The maximum Gasteiger partial charge on any atom is 0.227 e. The van der Waals surface area contributed by atoms with Crippen LogP contribution in [0.25, 0.3) is 234 Å². The maximum atomic E-state index is 6.80.